The van der Waals surface area contributed by atoms with E-state index in [2.05, 4.69) is 46.9 Å². The zero-order valence-corrected chi connectivity index (χ0v) is 10.8. The lowest BCUT2D eigenvalue weighted by Crippen LogP contribution is -2.47. The molecule has 0 aliphatic rings. The van der Waals surface area contributed by atoms with E-state index in [1.165, 1.54) is 0 Å². The summed E-state index contributed by atoms with van der Waals surface area (Å²) < 4.78 is 0. The van der Waals surface area contributed by atoms with Crippen LogP contribution in [0, 0.1) is 11.3 Å². The van der Waals surface area contributed by atoms with Crippen LogP contribution in [-0.4, -0.2) is 18.6 Å². The Morgan fingerprint density at radius 3 is 2.07 bits per heavy atom. The summed E-state index contributed by atoms with van der Waals surface area (Å²) in [5, 5.41) is 3.46. The first-order valence-corrected chi connectivity index (χ1v) is 5.68. The van der Waals surface area contributed by atoms with E-state index in [0.29, 0.717) is 11.3 Å². The molecule has 2 unspecified atom stereocenters. The lowest BCUT2D eigenvalue weighted by molar-refractivity contribution is 0.246. The predicted molar refractivity (Wildman–Crippen MR) is 64.4 cm³/mol. The highest BCUT2D eigenvalue weighted by atomic mass is 14.9. The van der Waals surface area contributed by atoms with Crippen molar-refractivity contribution >= 4 is 0 Å². The Bertz CT molecular complexity index is 156. The largest absolute Gasteiger partial charge is 0.324 e. The summed E-state index contributed by atoms with van der Waals surface area (Å²) in [5.74, 6) is 0.676. The van der Waals surface area contributed by atoms with Gasteiger partial charge in [0.2, 0.25) is 0 Å². The number of rotatable bonds is 5. The van der Waals surface area contributed by atoms with Gasteiger partial charge in [-0.15, -0.1) is 0 Å². The average Bonchev–Trinajstić information content (AvgIpc) is 2.02. The third-order valence-corrected chi connectivity index (χ3v) is 3.27. The molecule has 3 N–H and O–H groups in total. The van der Waals surface area contributed by atoms with Crippen molar-refractivity contribution in [3.8, 4) is 0 Å². The molecule has 0 aromatic heterocycles. The van der Waals surface area contributed by atoms with Crippen LogP contribution in [0.25, 0.3) is 0 Å². The maximum absolute atomic E-state index is 6.05. The topological polar surface area (TPSA) is 38.0 Å². The van der Waals surface area contributed by atoms with Gasteiger partial charge < -0.3 is 11.1 Å². The van der Waals surface area contributed by atoms with E-state index in [1.54, 1.807) is 0 Å². The van der Waals surface area contributed by atoms with Gasteiger partial charge in [-0.2, -0.15) is 0 Å². The lowest BCUT2D eigenvalue weighted by atomic mass is 9.82. The van der Waals surface area contributed by atoms with Crippen LogP contribution in [0.1, 0.15) is 48.0 Å². The monoisotopic (exact) mass is 200 g/mol. The molecule has 0 aliphatic heterocycles. The number of hydrogen-bond donors (Lipinski definition) is 2. The molecule has 0 amide bonds. The molecule has 0 rings (SSSR count). The van der Waals surface area contributed by atoms with Gasteiger partial charge in [-0.25, -0.2) is 0 Å². The second kappa shape index (κ2) is 5.13. The Kier molecular flexibility index (Phi) is 5.10. The highest BCUT2D eigenvalue weighted by Gasteiger charge is 2.21. The number of nitrogens with one attached hydrogen (secondary N) is 1. The van der Waals surface area contributed by atoms with Crippen molar-refractivity contribution in [3.05, 3.63) is 0 Å². The third-order valence-electron chi connectivity index (χ3n) is 3.27. The summed E-state index contributed by atoms with van der Waals surface area (Å²) in [6.45, 7) is 15.3. The zero-order chi connectivity index (χ0) is 11.4. The zero-order valence-electron chi connectivity index (χ0n) is 10.8. The molecule has 86 valence electrons. The number of hydrogen-bond acceptors (Lipinski definition) is 2. The first-order chi connectivity index (χ1) is 6.19. The molecule has 0 saturated carbocycles. The highest BCUT2D eigenvalue weighted by Crippen LogP contribution is 2.24. The molecule has 0 radical (unpaired) electrons. The molecule has 0 saturated heterocycles. The fourth-order valence-corrected chi connectivity index (χ4v) is 1.01. The van der Waals surface area contributed by atoms with Gasteiger partial charge in [0.15, 0.2) is 0 Å². The van der Waals surface area contributed by atoms with Gasteiger partial charge in [-0.1, -0.05) is 34.6 Å². The summed E-state index contributed by atoms with van der Waals surface area (Å²) in [7, 11) is 0. The minimum atomic E-state index is -0.0579. The van der Waals surface area contributed by atoms with E-state index in [0.717, 1.165) is 19.5 Å². The van der Waals surface area contributed by atoms with E-state index in [9.17, 15) is 0 Å². The van der Waals surface area contributed by atoms with Gasteiger partial charge in [-0.05, 0) is 31.2 Å². The minimum absolute atomic E-state index is 0.0579. The average molecular weight is 200 g/mol. The van der Waals surface area contributed by atoms with Crippen LogP contribution >= 0.6 is 0 Å². The highest BCUT2D eigenvalue weighted by molar-refractivity contribution is 4.80. The third kappa shape index (κ3) is 5.61. The van der Waals surface area contributed by atoms with E-state index < -0.39 is 0 Å². The summed E-state index contributed by atoms with van der Waals surface area (Å²) in [4.78, 5) is 0. The molecule has 0 heterocycles. The molecule has 2 nitrogen and oxygen atoms in total. The standard InChI is InChI=1S/C12H28N2/c1-7-12(6,13)9-14-8-10(2)11(3,4)5/h10,14H,7-9,13H2,1-6H3. The van der Waals surface area contributed by atoms with Crippen molar-refractivity contribution in [3.63, 3.8) is 0 Å². The first kappa shape index (κ1) is 13.9. The van der Waals surface area contributed by atoms with Crippen LogP contribution < -0.4 is 11.1 Å². The second-order valence-corrected chi connectivity index (χ2v) is 5.91. The summed E-state index contributed by atoms with van der Waals surface area (Å²) in [5.41, 5.74) is 6.37. The molecule has 0 aromatic carbocycles. The molecule has 0 fully saturated rings. The summed E-state index contributed by atoms with van der Waals surface area (Å²) in [6, 6.07) is 0. The molecule has 14 heavy (non-hydrogen) atoms. The van der Waals surface area contributed by atoms with Crippen LogP contribution in [0.15, 0.2) is 0 Å². The van der Waals surface area contributed by atoms with Crippen molar-refractivity contribution in [1.82, 2.24) is 5.32 Å². The van der Waals surface area contributed by atoms with Crippen LogP contribution in [0.3, 0.4) is 0 Å². The molecular formula is C12H28N2. The van der Waals surface area contributed by atoms with Gasteiger partial charge >= 0.3 is 0 Å². The normalized spacial score (nSPS) is 19.1. The Morgan fingerprint density at radius 1 is 1.21 bits per heavy atom. The van der Waals surface area contributed by atoms with Crippen LogP contribution in [0.2, 0.25) is 0 Å². The fraction of sp³-hybridized carbons (Fsp3) is 1.00. The van der Waals surface area contributed by atoms with E-state index in [-0.39, 0.29) is 5.54 Å². The van der Waals surface area contributed by atoms with Crippen molar-refractivity contribution in [1.29, 1.82) is 0 Å². The van der Waals surface area contributed by atoms with Crippen LogP contribution in [0.5, 0.6) is 0 Å². The lowest BCUT2D eigenvalue weighted by Gasteiger charge is -2.30. The molecule has 0 aromatic rings. The Balaban J connectivity index is 3.75. The molecule has 0 spiro atoms. The van der Waals surface area contributed by atoms with E-state index >= 15 is 0 Å². The van der Waals surface area contributed by atoms with Gasteiger partial charge in [-0.3, -0.25) is 0 Å². The first-order valence-electron chi connectivity index (χ1n) is 5.68. The van der Waals surface area contributed by atoms with Crippen LogP contribution in [0.4, 0.5) is 0 Å². The van der Waals surface area contributed by atoms with Gasteiger partial charge in [0.05, 0.1) is 0 Å². The van der Waals surface area contributed by atoms with Gasteiger partial charge in [0, 0.05) is 12.1 Å². The molecular weight excluding hydrogens is 172 g/mol. The molecule has 0 aliphatic carbocycles. The predicted octanol–water partition coefficient (Wildman–Crippen LogP) is 2.39. The van der Waals surface area contributed by atoms with E-state index in [1.807, 2.05) is 0 Å². The minimum Gasteiger partial charge on any atom is -0.324 e. The van der Waals surface area contributed by atoms with Crippen molar-refractivity contribution in [2.45, 2.75) is 53.5 Å². The second-order valence-electron chi connectivity index (χ2n) is 5.91. The Morgan fingerprint density at radius 2 is 1.71 bits per heavy atom. The Hall–Kier alpha value is -0.0800. The van der Waals surface area contributed by atoms with Gasteiger partial charge in [0.25, 0.3) is 0 Å². The molecule has 0 bridgehead atoms. The quantitative estimate of drug-likeness (QED) is 0.715. The van der Waals surface area contributed by atoms with E-state index in [4.69, 9.17) is 5.73 Å². The number of nitrogens with two attached hydrogens (primary N) is 1. The summed E-state index contributed by atoms with van der Waals surface area (Å²) >= 11 is 0. The summed E-state index contributed by atoms with van der Waals surface area (Å²) in [6.07, 6.45) is 1.02. The van der Waals surface area contributed by atoms with Crippen LogP contribution in [-0.2, 0) is 0 Å². The maximum atomic E-state index is 6.05. The fourth-order valence-electron chi connectivity index (χ4n) is 1.01. The maximum Gasteiger partial charge on any atom is 0.0249 e. The van der Waals surface area contributed by atoms with Gasteiger partial charge in [0.1, 0.15) is 0 Å². The van der Waals surface area contributed by atoms with Crippen molar-refractivity contribution in [2.75, 3.05) is 13.1 Å². The Labute approximate surface area is 89.6 Å². The smallest absolute Gasteiger partial charge is 0.0249 e. The van der Waals surface area contributed by atoms with Crippen molar-refractivity contribution < 1.29 is 0 Å². The SMILES string of the molecule is CCC(C)(N)CNCC(C)C(C)(C)C. The van der Waals surface area contributed by atoms with Crippen molar-refractivity contribution in [2.24, 2.45) is 17.1 Å². The molecule has 2 atom stereocenters. The molecule has 2 heteroatoms.